The first-order valence-corrected chi connectivity index (χ1v) is 7.70. The predicted molar refractivity (Wildman–Crippen MR) is 69.0 cm³/mol. The first kappa shape index (κ1) is 11.7. The molecule has 0 fully saturated rings. The van der Waals surface area contributed by atoms with Gasteiger partial charge in [-0.15, -0.1) is 22.7 Å². The van der Waals surface area contributed by atoms with Gasteiger partial charge in [0.15, 0.2) is 5.78 Å². The first-order chi connectivity index (χ1) is 7.66. The van der Waals surface area contributed by atoms with Crippen LogP contribution in [-0.4, -0.2) is 15.7 Å². The average molecular weight is 270 g/mol. The van der Waals surface area contributed by atoms with Crippen LogP contribution in [-0.2, 0) is 10.8 Å². The van der Waals surface area contributed by atoms with E-state index in [9.17, 15) is 9.00 Å². The quantitative estimate of drug-likeness (QED) is 0.800. The lowest BCUT2D eigenvalue weighted by atomic mass is 10.3. The monoisotopic (exact) mass is 270 g/mol. The summed E-state index contributed by atoms with van der Waals surface area (Å²) in [5.41, 5.74) is 0. The first-order valence-electron chi connectivity index (χ1n) is 4.68. The molecule has 2 aromatic heterocycles. The second kappa shape index (κ2) is 5.03. The summed E-state index contributed by atoms with van der Waals surface area (Å²) in [6, 6.07) is 7.35. The van der Waals surface area contributed by atoms with Gasteiger partial charge < -0.3 is 0 Å². The number of Topliss-reactive ketones (excluding diaryl/α,β-unsaturated/α-hetero) is 1. The van der Waals surface area contributed by atoms with E-state index in [0.29, 0.717) is 4.88 Å². The molecule has 0 saturated heterocycles. The van der Waals surface area contributed by atoms with Crippen molar-refractivity contribution in [1.82, 2.24) is 0 Å². The van der Waals surface area contributed by atoms with Gasteiger partial charge in [0.2, 0.25) is 0 Å². The van der Waals surface area contributed by atoms with Crippen molar-refractivity contribution in [2.45, 2.75) is 11.1 Å². The molecule has 5 heteroatoms. The number of carbonyl (C=O) groups excluding carboxylic acids is 1. The van der Waals surface area contributed by atoms with Crippen LogP contribution in [0.15, 0.2) is 33.9 Å². The van der Waals surface area contributed by atoms with E-state index < -0.39 is 10.8 Å². The Bertz CT molecular complexity index is 511. The second-order valence-electron chi connectivity index (χ2n) is 3.26. The van der Waals surface area contributed by atoms with Gasteiger partial charge in [-0.1, -0.05) is 6.07 Å². The van der Waals surface area contributed by atoms with Crippen molar-refractivity contribution in [3.05, 3.63) is 39.4 Å². The van der Waals surface area contributed by atoms with E-state index in [1.807, 2.05) is 24.4 Å². The van der Waals surface area contributed by atoms with E-state index >= 15 is 0 Å². The third-order valence-electron chi connectivity index (χ3n) is 2.00. The molecule has 0 radical (unpaired) electrons. The molecule has 0 aliphatic carbocycles. The van der Waals surface area contributed by atoms with E-state index in [1.165, 1.54) is 22.7 Å². The molecular formula is C11H10O2S3. The molecule has 1 atom stereocenters. The molecule has 2 rings (SSSR count). The highest BCUT2D eigenvalue weighted by molar-refractivity contribution is 7.88. The van der Waals surface area contributed by atoms with Crippen molar-refractivity contribution in [2.75, 3.05) is 5.75 Å². The van der Waals surface area contributed by atoms with E-state index in [0.717, 1.165) is 9.09 Å². The number of hydrogen-bond donors (Lipinski definition) is 0. The lowest BCUT2D eigenvalue weighted by Gasteiger charge is -1.96. The molecule has 0 aliphatic heterocycles. The summed E-state index contributed by atoms with van der Waals surface area (Å²) in [7, 11) is -1.20. The number of carbonyl (C=O) groups is 1. The normalized spacial score (nSPS) is 12.6. The Hall–Kier alpha value is -0.780. The zero-order chi connectivity index (χ0) is 11.5. The summed E-state index contributed by atoms with van der Waals surface area (Å²) < 4.78 is 12.6. The van der Waals surface area contributed by atoms with Gasteiger partial charge in [-0.05, 0) is 30.5 Å². The summed E-state index contributed by atoms with van der Waals surface area (Å²) in [6.07, 6.45) is 0. The summed E-state index contributed by atoms with van der Waals surface area (Å²) in [5.74, 6) is 0.0466. The molecule has 1 unspecified atom stereocenters. The summed E-state index contributed by atoms with van der Waals surface area (Å²) >= 11 is 2.88. The minimum absolute atomic E-state index is 0.0372. The molecule has 2 heterocycles. The van der Waals surface area contributed by atoms with Crippen LogP contribution in [0, 0.1) is 6.92 Å². The topological polar surface area (TPSA) is 34.1 Å². The minimum Gasteiger partial charge on any atom is -0.292 e. The standard InChI is InChI=1S/C11H10O2S3/c1-8-4-5-10(15-8)9(12)7-16(13)11-3-2-6-14-11/h2-6H,7H2,1H3. The van der Waals surface area contributed by atoms with Gasteiger partial charge in [-0.2, -0.15) is 0 Å². The smallest absolute Gasteiger partial charge is 0.185 e. The van der Waals surface area contributed by atoms with E-state index in [-0.39, 0.29) is 11.5 Å². The van der Waals surface area contributed by atoms with Crippen LogP contribution >= 0.6 is 22.7 Å². The molecule has 0 aromatic carbocycles. The second-order valence-corrected chi connectivity index (χ2v) is 7.17. The van der Waals surface area contributed by atoms with Gasteiger partial charge in [0, 0.05) is 4.88 Å². The summed E-state index contributed by atoms with van der Waals surface area (Å²) in [4.78, 5) is 13.6. The van der Waals surface area contributed by atoms with Crippen LogP contribution in [0.3, 0.4) is 0 Å². The molecule has 0 aliphatic rings. The van der Waals surface area contributed by atoms with E-state index in [1.54, 1.807) is 12.1 Å². The molecule has 0 N–H and O–H groups in total. The van der Waals surface area contributed by atoms with Gasteiger partial charge in [-0.3, -0.25) is 9.00 Å². The fraction of sp³-hybridized carbons (Fsp3) is 0.182. The Morgan fingerprint density at radius 3 is 2.75 bits per heavy atom. The van der Waals surface area contributed by atoms with Crippen LogP contribution in [0.1, 0.15) is 14.5 Å². The Labute approximate surface area is 104 Å². The lowest BCUT2D eigenvalue weighted by Crippen LogP contribution is -2.08. The number of hydrogen-bond acceptors (Lipinski definition) is 4. The fourth-order valence-electron chi connectivity index (χ4n) is 1.24. The highest BCUT2D eigenvalue weighted by Gasteiger charge is 2.14. The molecule has 84 valence electrons. The van der Waals surface area contributed by atoms with E-state index in [2.05, 4.69) is 0 Å². The maximum Gasteiger partial charge on any atom is 0.185 e. The lowest BCUT2D eigenvalue weighted by molar-refractivity contribution is 0.102. The molecular weight excluding hydrogens is 260 g/mol. The van der Waals surface area contributed by atoms with Crippen molar-refractivity contribution in [2.24, 2.45) is 0 Å². The van der Waals surface area contributed by atoms with Crippen LogP contribution in [0.4, 0.5) is 0 Å². The molecule has 0 saturated carbocycles. The van der Waals surface area contributed by atoms with Gasteiger partial charge in [0.1, 0.15) is 0 Å². The summed E-state index contributed by atoms with van der Waals surface area (Å²) in [6.45, 7) is 1.96. The zero-order valence-electron chi connectivity index (χ0n) is 8.64. The maximum atomic E-state index is 11.8. The maximum absolute atomic E-state index is 11.8. The Morgan fingerprint density at radius 2 is 2.19 bits per heavy atom. The van der Waals surface area contributed by atoms with Crippen molar-refractivity contribution in [3.8, 4) is 0 Å². The molecule has 0 amide bonds. The van der Waals surface area contributed by atoms with Crippen molar-refractivity contribution < 1.29 is 9.00 Å². The highest BCUT2D eigenvalue weighted by Crippen LogP contribution is 2.19. The number of rotatable bonds is 4. The molecule has 0 spiro atoms. The fourth-order valence-corrected chi connectivity index (χ4v) is 4.12. The SMILES string of the molecule is Cc1ccc(C(=O)CS(=O)c2cccs2)s1. The molecule has 0 bridgehead atoms. The van der Waals surface area contributed by atoms with Gasteiger partial charge in [-0.25, -0.2) is 0 Å². The van der Waals surface area contributed by atoms with Gasteiger partial charge in [0.05, 0.1) is 25.6 Å². The Kier molecular flexibility index (Phi) is 3.68. The third-order valence-corrected chi connectivity index (χ3v) is 5.66. The van der Waals surface area contributed by atoms with Crippen molar-refractivity contribution in [1.29, 1.82) is 0 Å². The Balaban J connectivity index is 2.06. The molecule has 16 heavy (non-hydrogen) atoms. The van der Waals surface area contributed by atoms with Crippen LogP contribution < -0.4 is 0 Å². The molecule has 2 aromatic rings. The minimum atomic E-state index is -1.20. The number of ketones is 1. The predicted octanol–water partition coefficient (Wildman–Crippen LogP) is 3.11. The third kappa shape index (κ3) is 2.66. The van der Waals surface area contributed by atoms with Crippen molar-refractivity contribution in [3.63, 3.8) is 0 Å². The highest BCUT2D eigenvalue weighted by atomic mass is 32.2. The van der Waals surface area contributed by atoms with Crippen molar-refractivity contribution >= 4 is 39.3 Å². The molecule has 2 nitrogen and oxygen atoms in total. The zero-order valence-corrected chi connectivity index (χ0v) is 11.1. The number of aryl methyl sites for hydroxylation is 1. The van der Waals surface area contributed by atoms with Gasteiger partial charge >= 0.3 is 0 Å². The van der Waals surface area contributed by atoms with E-state index in [4.69, 9.17) is 0 Å². The average Bonchev–Trinajstić information content (AvgIpc) is 2.87. The van der Waals surface area contributed by atoms with Crippen LogP contribution in [0.5, 0.6) is 0 Å². The number of thiophene rings is 2. The largest absolute Gasteiger partial charge is 0.292 e. The van der Waals surface area contributed by atoms with Gasteiger partial charge in [0.25, 0.3) is 0 Å². The van der Waals surface area contributed by atoms with Crippen LogP contribution in [0.25, 0.3) is 0 Å². The van der Waals surface area contributed by atoms with Crippen LogP contribution in [0.2, 0.25) is 0 Å². The Morgan fingerprint density at radius 1 is 1.38 bits per heavy atom. The summed E-state index contributed by atoms with van der Waals surface area (Å²) in [5, 5.41) is 1.87.